The van der Waals surface area contributed by atoms with E-state index in [2.05, 4.69) is 17.0 Å². The summed E-state index contributed by atoms with van der Waals surface area (Å²) < 4.78 is 27.1. The van der Waals surface area contributed by atoms with Crippen LogP contribution in [0.5, 0.6) is 0 Å². The maximum absolute atomic E-state index is 12.0. The maximum atomic E-state index is 12.0. The van der Waals surface area contributed by atoms with Gasteiger partial charge in [-0.05, 0) is 50.4 Å². The van der Waals surface area contributed by atoms with E-state index in [0.29, 0.717) is 16.7 Å². The molecule has 4 nitrogen and oxygen atoms in total. The first kappa shape index (κ1) is 14.0. The number of rotatable bonds is 8. The van der Waals surface area contributed by atoms with Gasteiger partial charge in [-0.25, -0.2) is 13.1 Å². The van der Waals surface area contributed by atoms with Gasteiger partial charge in [0.25, 0.3) is 0 Å². The average molecular weight is 288 g/mol. The monoisotopic (exact) mass is 288 g/mol. The lowest BCUT2D eigenvalue weighted by Crippen LogP contribution is -2.25. The van der Waals surface area contributed by atoms with E-state index in [0.717, 1.165) is 37.2 Å². The highest BCUT2D eigenvalue weighted by molar-refractivity contribution is 7.91. The van der Waals surface area contributed by atoms with Crippen molar-refractivity contribution in [1.82, 2.24) is 10.0 Å². The quantitative estimate of drug-likeness (QED) is 0.714. The molecule has 0 amide bonds. The number of thiophene rings is 1. The molecule has 1 heterocycles. The molecule has 1 saturated carbocycles. The molecular formula is C12H20N2O2S2. The van der Waals surface area contributed by atoms with Gasteiger partial charge in [-0.3, -0.25) is 0 Å². The predicted molar refractivity (Wildman–Crippen MR) is 74.5 cm³/mol. The molecule has 1 aromatic rings. The molecule has 2 rings (SSSR count). The van der Waals surface area contributed by atoms with Gasteiger partial charge in [0.15, 0.2) is 0 Å². The lowest BCUT2D eigenvalue weighted by molar-refractivity contribution is 0.579. The minimum absolute atomic E-state index is 0.439. The van der Waals surface area contributed by atoms with Crippen LogP contribution >= 0.6 is 11.3 Å². The number of sulfonamides is 1. The van der Waals surface area contributed by atoms with Crippen molar-refractivity contribution in [3.63, 3.8) is 0 Å². The summed E-state index contributed by atoms with van der Waals surface area (Å²) in [6.45, 7) is 4.49. The second-order valence-corrected chi connectivity index (χ2v) is 7.78. The minimum Gasteiger partial charge on any atom is -0.317 e. The first-order valence-corrected chi connectivity index (χ1v) is 8.71. The summed E-state index contributed by atoms with van der Waals surface area (Å²) in [6, 6.07) is 3.62. The summed E-state index contributed by atoms with van der Waals surface area (Å²) in [7, 11) is -3.28. The van der Waals surface area contributed by atoms with Crippen LogP contribution in [-0.2, 0) is 16.4 Å². The van der Waals surface area contributed by atoms with Crippen molar-refractivity contribution in [3.8, 4) is 0 Å². The van der Waals surface area contributed by atoms with Crippen LogP contribution in [0.1, 0.15) is 24.6 Å². The smallest absolute Gasteiger partial charge is 0.250 e. The summed E-state index contributed by atoms with van der Waals surface area (Å²) in [5, 5.41) is 3.23. The molecule has 0 aliphatic heterocycles. The van der Waals surface area contributed by atoms with Crippen LogP contribution in [-0.4, -0.2) is 28.1 Å². The molecular weight excluding hydrogens is 268 g/mol. The highest BCUT2D eigenvalue weighted by Gasteiger charge is 2.24. The summed E-state index contributed by atoms with van der Waals surface area (Å²) >= 11 is 1.37. The van der Waals surface area contributed by atoms with Crippen molar-refractivity contribution >= 4 is 21.4 Å². The maximum Gasteiger partial charge on any atom is 0.250 e. The van der Waals surface area contributed by atoms with Crippen LogP contribution in [0, 0.1) is 5.92 Å². The molecule has 1 aromatic heterocycles. The molecule has 0 radical (unpaired) electrons. The second kappa shape index (κ2) is 6.14. The van der Waals surface area contributed by atoms with Crippen molar-refractivity contribution in [2.24, 2.45) is 5.92 Å². The van der Waals surface area contributed by atoms with Gasteiger partial charge >= 0.3 is 0 Å². The topological polar surface area (TPSA) is 58.2 Å². The first-order chi connectivity index (χ1) is 8.62. The van der Waals surface area contributed by atoms with Gasteiger partial charge in [0, 0.05) is 11.4 Å². The third-order valence-electron chi connectivity index (χ3n) is 2.96. The largest absolute Gasteiger partial charge is 0.317 e. The molecule has 0 atom stereocenters. The molecule has 18 heavy (non-hydrogen) atoms. The Bertz CT molecular complexity index is 478. The zero-order chi connectivity index (χ0) is 13.0. The fraction of sp³-hybridized carbons (Fsp3) is 0.667. The zero-order valence-corrected chi connectivity index (χ0v) is 12.2. The van der Waals surface area contributed by atoms with E-state index < -0.39 is 10.0 Å². The summed E-state index contributed by atoms with van der Waals surface area (Å²) in [6.07, 6.45) is 3.19. The van der Waals surface area contributed by atoms with Gasteiger partial charge in [0.05, 0.1) is 0 Å². The fourth-order valence-electron chi connectivity index (χ4n) is 1.65. The lowest BCUT2D eigenvalue weighted by Gasteiger charge is -2.02. The van der Waals surface area contributed by atoms with Crippen LogP contribution in [0.2, 0.25) is 0 Å². The summed E-state index contributed by atoms with van der Waals surface area (Å²) in [4.78, 5) is 1.11. The number of likely N-dealkylation sites (N-methyl/N-ethyl adjacent to an activating group) is 1. The van der Waals surface area contributed by atoms with Crippen molar-refractivity contribution < 1.29 is 8.42 Å². The molecule has 1 aliphatic carbocycles. The summed E-state index contributed by atoms with van der Waals surface area (Å²) in [5.41, 5.74) is 0. The average Bonchev–Trinajstić information content (AvgIpc) is 3.05. The Morgan fingerprint density at radius 1 is 1.39 bits per heavy atom. The number of hydrogen-bond donors (Lipinski definition) is 2. The Hall–Kier alpha value is -0.430. The van der Waals surface area contributed by atoms with E-state index >= 15 is 0 Å². The van der Waals surface area contributed by atoms with Gasteiger partial charge in [-0.2, -0.15) is 0 Å². The van der Waals surface area contributed by atoms with Crippen molar-refractivity contribution in [3.05, 3.63) is 17.0 Å². The van der Waals surface area contributed by atoms with Gasteiger partial charge in [0.1, 0.15) is 4.21 Å². The van der Waals surface area contributed by atoms with E-state index in [-0.39, 0.29) is 0 Å². The Balaban J connectivity index is 1.90. The van der Waals surface area contributed by atoms with Crippen LogP contribution in [0.3, 0.4) is 0 Å². The van der Waals surface area contributed by atoms with Crippen LogP contribution < -0.4 is 10.0 Å². The third-order valence-corrected chi connectivity index (χ3v) is 6.02. The molecule has 1 aliphatic rings. The first-order valence-electron chi connectivity index (χ1n) is 6.41. The Morgan fingerprint density at radius 2 is 2.17 bits per heavy atom. The molecule has 0 spiro atoms. The lowest BCUT2D eigenvalue weighted by atomic mass is 10.3. The number of nitrogens with one attached hydrogen (secondary N) is 2. The van der Waals surface area contributed by atoms with Crippen LogP contribution in [0.25, 0.3) is 0 Å². The van der Waals surface area contributed by atoms with E-state index in [9.17, 15) is 8.42 Å². The molecule has 102 valence electrons. The van der Waals surface area contributed by atoms with Crippen molar-refractivity contribution in [2.45, 2.75) is 30.4 Å². The summed E-state index contributed by atoms with van der Waals surface area (Å²) in [5.74, 6) is 0.563. The third kappa shape index (κ3) is 4.05. The standard InChI is InChI=1S/C12H20N2O2S2/c1-2-13-8-7-11-5-6-12(17-11)18(15,16)14-9-10-3-4-10/h5-6,10,13-14H,2-4,7-9H2,1H3. The molecule has 6 heteroatoms. The molecule has 2 N–H and O–H groups in total. The van der Waals surface area contributed by atoms with E-state index in [4.69, 9.17) is 0 Å². The van der Waals surface area contributed by atoms with Gasteiger partial charge in [-0.1, -0.05) is 6.92 Å². The second-order valence-electron chi connectivity index (χ2n) is 4.62. The molecule has 0 aromatic carbocycles. The Morgan fingerprint density at radius 3 is 2.83 bits per heavy atom. The fourth-order valence-corrected chi connectivity index (χ4v) is 4.16. The van der Waals surface area contributed by atoms with E-state index in [1.54, 1.807) is 6.07 Å². The highest BCUT2D eigenvalue weighted by atomic mass is 32.2. The SMILES string of the molecule is CCNCCc1ccc(S(=O)(=O)NCC2CC2)s1. The molecule has 1 fully saturated rings. The normalized spacial score (nSPS) is 16.1. The van der Waals surface area contributed by atoms with Crippen LogP contribution in [0.4, 0.5) is 0 Å². The number of hydrogen-bond acceptors (Lipinski definition) is 4. The predicted octanol–water partition coefficient (Wildman–Crippen LogP) is 1.59. The van der Waals surface area contributed by atoms with Gasteiger partial charge < -0.3 is 5.32 Å². The van der Waals surface area contributed by atoms with Crippen molar-refractivity contribution in [2.75, 3.05) is 19.6 Å². The highest BCUT2D eigenvalue weighted by Crippen LogP contribution is 2.29. The van der Waals surface area contributed by atoms with E-state index in [1.807, 2.05) is 6.07 Å². The Labute approximate surface area is 113 Å². The van der Waals surface area contributed by atoms with Crippen molar-refractivity contribution in [1.29, 1.82) is 0 Å². The molecule has 0 unspecified atom stereocenters. The van der Waals surface area contributed by atoms with Gasteiger partial charge in [-0.15, -0.1) is 11.3 Å². The van der Waals surface area contributed by atoms with Gasteiger partial charge in [0.2, 0.25) is 10.0 Å². The minimum atomic E-state index is -3.28. The van der Waals surface area contributed by atoms with E-state index in [1.165, 1.54) is 11.3 Å². The molecule has 0 bridgehead atoms. The molecule has 0 saturated heterocycles. The zero-order valence-electron chi connectivity index (χ0n) is 10.6. The Kier molecular flexibility index (Phi) is 4.77. The van der Waals surface area contributed by atoms with Crippen LogP contribution in [0.15, 0.2) is 16.3 Å².